The summed E-state index contributed by atoms with van der Waals surface area (Å²) in [4.78, 5) is 1.58. The topological polar surface area (TPSA) is 57.2 Å². The maximum Gasteiger partial charge on any atom is 0.396 e. The highest BCUT2D eigenvalue weighted by molar-refractivity contribution is 7.97. The standard InChI is InChI=1S/C14H15S.C9H12F4O3S/c1-2-6-13-11-14(8-7-12(13)5-1)15-9-3-4-10-15;10-8(11,9(12,13)17(14,15)16)7-4-5-1-2-6(7)3-5/h1-2,5-8,11H,3-4,9-10H2;5-7H,1-4H2,(H,14,15,16)/q+1;/p-1. The van der Waals surface area contributed by atoms with Gasteiger partial charge < -0.3 is 4.55 Å². The van der Waals surface area contributed by atoms with Crippen molar-refractivity contribution in [3.05, 3.63) is 42.5 Å². The molecule has 3 aliphatic rings. The Balaban J connectivity index is 0.000000154. The van der Waals surface area contributed by atoms with E-state index < -0.39 is 33.1 Å². The average molecular weight is 491 g/mol. The summed E-state index contributed by atoms with van der Waals surface area (Å²) >= 11 is 0. The number of rotatable bonds is 4. The van der Waals surface area contributed by atoms with Gasteiger partial charge in [-0.1, -0.05) is 30.7 Å². The maximum absolute atomic E-state index is 13.5. The van der Waals surface area contributed by atoms with Gasteiger partial charge in [-0.25, -0.2) is 8.42 Å². The van der Waals surface area contributed by atoms with Crippen LogP contribution in [0.25, 0.3) is 10.8 Å². The zero-order valence-corrected chi connectivity index (χ0v) is 19.1. The van der Waals surface area contributed by atoms with Crippen molar-refractivity contribution in [1.29, 1.82) is 0 Å². The van der Waals surface area contributed by atoms with E-state index in [-0.39, 0.29) is 12.3 Å². The van der Waals surface area contributed by atoms with E-state index in [1.54, 1.807) is 4.90 Å². The highest BCUT2D eigenvalue weighted by Crippen LogP contribution is 2.58. The van der Waals surface area contributed by atoms with Gasteiger partial charge in [0, 0.05) is 22.9 Å². The second kappa shape index (κ2) is 8.80. The van der Waals surface area contributed by atoms with Gasteiger partial charge in [0.25, 0.3) is 0 Å². The molecule has 3 atom stereocenters. The summed E-state index contributed by atoms with van der Waals surface area (Å²) in [5.41, 5.74) is 0. The molecule has 32 heavy (non-hydrogen) atoms. The minimum Gasteiger partial charge on any atom is -0.743 e. The van der Waals surface area contributed by atoms with Crippen LogP contribution in [0.5, 0.6) is 0 Å². The van der Waals surface area contributed by atoms with Crippen LogP contribution in [0.1, 0.15) is 38.5 Å². The van der Waals surface area contributed by atoms with Gasteiger partial charge in [0.1, 0.15) is 11.5 Å². The molecule has 9 heteroatoms. The molecule has 0 spiro atoms. The molecule has 5 rings (SSSR count). The number of fused-ring (bicyclic) bond motifs is 3. The van der Waals surface area contributed by atoms with E-state index in [0.717, 1.165) is 0 Å². The molecule has 1 aliphatic heterocycles. The number of benzene rings is 2. The summed E-state index contributed by atoms with van der Waals surface area (Å²) in [5.74, 6) is -4.27. The van der Waals surface area contributed by atoms with E-state index in [4.69, 9.17) is 0 Å². The van der Waals surface area contributed by atoms with Gasteiger partial charge in [-0.05, 0) is 66.8 Å². The molecule has 1 saturated heterocycles. The van der Waals surface area contributed by atoms with Crippen molar-refractivity contribution >= 4 is 31.8 Å². The fourth-order valence-electron chi connectivity index (χ4n) is 5.31. The Kier molecular flexibility index (Phi) is 6.55. The van der Waals surface area contributed by atoms with Crippen LogP contribution < -0.4 is 0 Å². The third-order valence-corrected chi connectivity index (χ3v) is 10.4. The van der Waals surface area contributed by atoms with Gasteiger partial charge in [-0.15, -0.1) is 0 Å². The van der Waals surface area contributed by atoms with Crippen molar-refractivity contribution in [3.63, 3.8) is 0 Å². The summed E-state index contributed by atoms with van der Waals surface area (Å²) < 4.78 is 84.0. The quantitative estimate of drug-likeness (QED) is 0.309. The summed E-state index contributed by atoms with van der Waals surface area (Å²) in [5, 5.41) is -2.76. The summed E-state index contributed by atoms with van der Waals surface area (Å²) in [6, 6.07) is 15.6. The Bertz CT molecular complexity index is 1070. The molecular weight excluding hydrogens is 464 g/mol. The van der Waals surface area contributed by atoms with Crippen molar-refractivity contribution in [1.82, 2.24) is 0 Å². The Morgan fingerprint density at radius 3 is 2.12 bits per heavy atom. The van der Waals surface area contributed by atoms with Crippen molar-refractivity contribution in [3.8, 4) is 0 Å². The number of halogens is 4. The van der Waals surface area contributed by atoms with Crippen LogP contribution in [0.4, 0.5) is 17.6 Å². The van der Waals surface area contributed by atoms with Gasteiger partial charge >= 0.3 is 11.2 Å². The smallest absolute Gasteiger partial charge is 0.396 e. The minimum atomic E-state index is -6.35. The van der Waals surface area contributed by atoms with Crippen LogP contribution in [-0.4, -0.2) is 35.7 Å². The molecule has 176 valence electrons. The molecule has 0 N–H and O–H groups in total. The molecule has 2 aromatic rings. The van der Waals surface area contributed by atoms with Crippen molar-refractivity contribution < 1.29 is 30.5 Å². The summed E-state index contributed by atoms with van der Waals surface area (Å²) in [7, 11) is -5.79. The van der Waals surface area contributed by atoms with Crippen molar-refractivity contribution in [2.24, 2.45) is 17.8 Å². The Morgan fingerprint density at radius 2 is 1.56 bits per heavy atom. The lowest BCUT2D eigenvalue weighted by Gasteiger charge is -2.36. The molecule has 0 aromatic heterocycles. The van der Waals surface area contributed by atoms with Crippen LogP contribution in [0.15, 0.2) is 47.4 Å². The molecule has 0 radical (unpaired) electrons. The van der Waals surface area contributed by atoms with Crippen molar-refractivity contribution in [2.75, 3.05) is 11.5 Å². The Hall–Kier alpha value is -1.32. The first-order valence-corrected chi connectivity index (χ1v) is 13.8. The predicted molar refractivity (Wildman–Crippen MR) is 117 cm³/mol. The lowest BCUT2D eigenvalue weighted by Crippen LogP contribution is -2.52. The molecule has 3 fully saturated rings. The van der Waals surface area contributed by atoms with Gasteiger partial charge in [-0.2, -0.15) is 17.6 Å². The van der Waals surface area contributed by atoms with E-state index in [1.165, 1.54) is 35.1 Å². The average Bonchev–Trinajstić information content (AvgIpc) is 3.51. The fourth-order valence-corrected chi connectivity index (χ4v) is 8.13. The first-order valence-electron chi connectivity index (χ1n) is 10.9. The van der Waals surface area contributed by atoms with Gasteiger partial charge in [0.15, 0.2) is 15.0 Å². The van der Waals surface area contributed by atoms with Gasteiger partial charge in [-0.3, -0.25) is 0 Å². The normalized spacial score (nSPS) is 26.3. The Labute approximate surface area is 188 Å². The van der Waals surface area contributed by atoms with E-state index in [0.29, 0.717) is 30.2 Å². The molecule has 3 unspecified atom stereocenters. The fraction of sp³-hybridized carbons (Fsp3) is 0.565. The number of hydrogen-bond donors (Lipinski definition) is 0. The molecule has 2 saturated carbocycles. The first-order chi connectivity index (χ1) is 15.0. The molecule has 1 heterocycles. The van der Waals surface area contributed by atoms with E-state index in [1.807, 2.05) is 0 Å². The van der Waals surface area contributed by atoms with Crippen LogP contribution in [0.2, 0.25) is 0 Å². The molecular formula is C23H26F4O3S2. The van der Waals surface area contributed by atoms with E-state index in [9.17, 15) is 30.5 Å². The van der Waals surface area contributed by atoms with Crippen molar-refractivity contribution in [2.45, 2.75) is 54.6 Å². The Morgan fingerprint density at radius 1 is 0.906 bits per heavy atom. The van der Waals surface area contributed by atoms with Crippen LogP contribution >= 0.6 is 0 Å². The highest BCUT2D eigenvalue weighted by atomic mass is 32.2. The monoisotopic (exact) mass is 490 g/mol. The van der Waals surface area contributed by atoms with Gasteiger partial charge in [0.05, 0.1) is 0 Å². The molecule has 2 aliphatic carbocycles. The van der Waals surface area contributed by atoms with E-state index >= 15 is 0 Å². The molecule has 3 nitrogen and oxygen atoms in total. The second-order valence-electron chi connectivity index (χ2n) is 8.99. The van der Waals surface area contributed by atoms with Crippen LogP contribution in [0, 0.1) is 17.8 Å². The third kappa shape index (κ3) is 4.40. The second-order valence-corrected chi connectivity index (χ2v) is 12.7. The lowest BCUT2D eigenvalue weighted by molar-refractivity contribution is -0.202. The molecule has 2 bridgehead atoms. The van der Waals surface area contributed by atoms with Gasteiger partial charge in [0.2, 0.25) is 0 Å². The maximum atomic E-state index is 13.5. The molecule has 2 aromatic carbocycles. The predicted octanol–water partition coefficient (Wildman–Crippen LogP) is 5.81. The third-order valence-electron chi connectivity index (χ3n) is 6.99. The zero-order valence-electron chi connectivity index (χ0n) is 17.5. The lowest BCUT2D eigenvalue weighted by atomic mass is 9.84. The van der Waals surface area contributed by atoms with Crippen LogP contribution in [0.3, 0.4) is 0 Å². The number of hydrogen-bond acceptors (Lipinski definition) is 3. The summed E-state index contributed by atoms with van der Waals surface area (Å²) in [6.45, 7) is 0. The number of alkyl halides is 4. The van der Waals surface area contributed by atoms with Crippen LogP contribution in [-0.2, 0) is 21.0 Å². The largest absolute Gasteiger partial charge is 0.743 e. The highest BCUT2D eigenvalue weighted by Gasteiger charge is 2.68. The zero-order chi connectivity index (χ0) is 23.1. The molecule has 0 amide bonds. The summed E-state index contributed by atoms with van der Waals surface area (Å²) in [6.07, 6.45) is 4.27. The first kappa shape index (κ1) is 23.8. The van der Waals surface area contributed by atoms with E-state index in [2.05, 4.69) is 42.5 Å². The SMILES string of the molecule is O=S(=O)([O-])C(F)(F)C(F)(F)C1CC2CCC1C2.c1ccc2cc([S+]3CCCC3)ccc2c1. The minimum absolute atomic E-state index is 0.0407.